The van der Waals surface area contributed by atoms with Crippen molar-refractivity contribution in [3.05, 3.63) is 173 Å². The Morgan fingerprint density at radius 3 is 0.486 bits per heavy atom. The third kappa shape index (κ3) is 28.7. The van der Waals surface area contributed by atoms with Crippen molar-refractivity contribution in [1.82, 2.24) is 0 Å². The molecule has 0 aliphatic rings. The first-order valence-electron chi connectivity index (χ1n) is 36.6. The Labute approximate surface area is 682 Å². The Morgan fingerprint density at radius 2 is 0.355 bits per heavy atom. The minimum atomic E-state index is -0.279. The number of hydrogen-bond donors (Lipinski definition) is 2. The predicted octanol–water partition coefficient (Wildman–Crippen LogP) is 22.1. The Balaban J connectivity index is 0.000000780. The van der Waals surface area contributed by atoms with Crippen molar-refractivity contribution in [2.24, 2.45) is 30.6 Å². The molecule has 107 heavy (non-hydrogen) atoms. The van der Waals surface area contributed by atoms with E-state index in [9.17, 15) is 30.6 Å². The largest absolute Gasteiger partial charge is 2.00 e. The summed E-state index contributed by atoms with van der Waals surface area (Å²) in [5.74, 6) is 0.323. The van der Waals surface area contributed by atoms with E-state index in [0.717, 1.165) is 66.8 Å². The van der Waals surface area contributed by atoms with E-state index >= 15 is 0 Å². The van der Waals surface area contributed by atoms with Crippen LogP contribution in [-0.4, -0.2) is 52.8 Å². The number of phenols is 2. The van der Waals surface area contributed by atoms with Gasteiger partial charge in [-0.05, 0) is 155 Å². The predicted molar refractivity (Wildman–Crippen MR) is 446 cm³/mol. The van der Waals surface area contributed by atoms with Crippen LogP contribution < -0.4 is 20.4 Å². The molecule has 0 unspecified atom stereocenters. The maximum Gasteiger partial charge on any atom is 2.00 e. The fourth-order valence-electron chi connectivity index (χ4n) is 11.0. The van der Waals surface area contributed by atoms with E-state index < -0.39 is 0 Å². The zero-order valence-electron chi connectivity index (χ0n) is 72.5. The molecule has 12 nitrogen and oxygen atoms in total. The van der Waals surface area contributed by atoms with Crippen LogP contribution >= 0.6 is 23.2 Å². The normalized spacial score (nSPS) is 13.4. The smallest absolute Gasteiger partial charge is 0.872 e. The summed E-state index contributed by atoms with van der Waals surface area (Å²) < 4.78 is 0. The number of hydrogen-bond acceptors (Lipinski definition) is 12. The molecule has 6 rings (SSSR count). The molecule has 0 spiro atoms. The maximum atomic E-state index is 13.1. The summed E-state index contributed by atoms with van der Waals surface area (Å²) >= 11 is 9.53. The molecule has 0 heterocycles. The first kappa shape index (κ1) is 99.0. The van der Waals surface area contributed by atoms with Gasteiger partial charge in [-0.1, -0.05) is 333 Å². The third-order valence-corrected chi connectivity index (χ3v) is 18.2. The first-order chi connectivity index (χ1) is 47.1. The summed E-state index contributed by atoms with van der Waals surface area (Å²) in [4.78, 5) is 0. The first-order valence-corrected chi connectivity index (χ1v) is 37.7. The Kier molecular flexibility index (Phi) is 34.1. The van der Waals surface area contributed by atoms with Crippen molar-refractivity contribution in [3.63, 3.8) is 0 Å². The maximum absolute atomic E-state index is 13.1. The van der Waals surface area contributed by atoms with Gasteiger partial charge in [0.15, 0.2) is 0 Å². The molecule has 0 aliphatic carbocycles. The second-order valence-corrected chi connectivity index (χ2v) is 41.1. The fourth-order valence-corrected chi connectivity index (χ4v) is 11.0. The zero-order chi connectivity index (χ0) is 81.5. The van der Waals surface area contributed by atoms with Crippen LogP contribution in [0.1, 0.15) is 349 Å². The standard InChI is InChI=1S/3C30H44N2O2.CH2Cl2.2Zn/c3*1-27(2,3)21-13-19(25(33)23(15-21)29(7,8)9)17-31-32-18-20-14-22(28(4,5)6)16-24(26(20)34)30(10,11)12;2-1-3;;/h3*13-18,33-34H,1-12H3;1H2;;/q;;;;2*+2/p-4/b3*31-17+,32-18+;;;. The molecule has 0 amide bonds. The average Bonchev–Trinajstić information content (AvgIpc) is 0.823. The Morgan fingerprint density at radius 1 is 0.234 bits per heavy atom. The van der Waals surface area contributed by atoms with Crippen LogP contribution in [-0.2, 0) is 104 Å². The summed E-state index contributed by atoms with van der Waals surface area (Å²) in [7, 11) is 0. The van der Waals surface area contributed by atoms with Crippen molar-refractivity contribution >= 4 is 60.5 Å². The quantitative estimate of drug-likeness (QED) is 0.0623. The molecule has 0 saturated heterocycles. The minimum absolute atomic E-state index is 0. The van der Waals surface area contributed by atoms with E-state index in [0.29, 0.717) is 33.4 Å². The molecule has 578 valence electrons. The molecule has 0 radical (unpaired) electrons. The summed E-state index contributed by atoms with van der Waals surface area (Å²) in [5, 5.41) is 99.8. The minimum Gasteiger partial charge on any atom is -0.872 e. The number of phenolic OH excluding ortho intramolecular Hbond substituents is 2. The van der Waals surface area contributed by atoms with Crippen molar-refractivity contribution in [2.75, 3.05) is 5.34 Å². The number of halogens is 2. The van der Waals surface area contributed by atoms with Crippen molar-refractivity contribution in [1.29, 1.82) is 0 Å². The molecular formula is C91H130Cl2N6O6Zn2. The molecule has 2 N–H and O–H groups in total. The van der Waals surface area contributed by atoms with Gasteiger partial charge in [0, 0.05) is 22.3 Å². The van der Waals surface area contributed by atoms with Crippen LogP contribution in [0.3, 0.4) is 0 Å². The van der Waals surface area contributed by atoms with Crippen LogP contribution in [0.4, 0.5) is 0 Å². The SMILES string of the molecule is CC(C)(C)c1cc(/C=N/N=C/c2cc(C(C)(C)C)cc(C(C)(C)C)c2O)c([O-])c(C(C)(C)C)c1.CC(C)(C)c1cc(/C=N/N=C/c2cc(C(C)(C)C)cc(C(C)(C)C)c2O)c([O-])c(C(C)(C)C)c1.CC(C)(C)c1cc(/C=N/N=C/c2cc(C(C)(C)C)cc(C(C)(C)C)c2[O-])c([O-])c(C(C)(C)C)c1.ClCCl.[Zn+2].[Zn+2]. The van der Waals surface area contributed by atoms with Gasteiger partial charge in [0.1, 0.15) is 11.5 Å². The van der Waals surface area contributed by atoms with Crippen molar-refractivity contribution in [3.8, 4) is 34.5 Å². The monoisotopic (exact) mass is 1600 g/mol. The molecule has 6 aromatic carbocycles. The van der Waals surface area contributed by atoms with Gasteiger partial charge in [-0.15, -0.1) is 23.2 Å². The summed E-state index contributed by atoms with van der Waals surface area (Å²) in [6, 6.07) is 23.7. The van der Waals surface area contributed by atoms with Gasteiger partial charge in [-0.3, -0.25) is 0 Å². The van der Waals surface area contributed by atoms with E-state index in [1.54, 1.807) is 12.4 Å². The van der Waals surface area contributed by atoms with Gasteiger partial charge in [0.25, 0.3) is 0 Å². The van der Waals surface area contributed by atoms with Gasteiger partial charge >= 0.3 is 39.0 Å². The van der Waals surface area contributed by atoms with E-state index in [1.165, 1.54) is 24.9 Å². The van der Waals surface area contributed by atoms with E-state index in [1.807, 2.05) is 144 Å². The summed E-state index contributed by atoms with van der Waals surface area (Å²) in [5.41, 5.74) is 12.6. The number of rotatable bonds is 9. The van der Waals surface area contributed by atoms with Crippen molar-refractivity contribution in [2.45, 2.75) is 314 Å². The molecule has 0 saturated carbocycles. The van der Waals surface area contributed by atoms with Gasteiger partial charge in [0.05, 0.1) is 42.6 Å². The summed E-state index contributed by atoms with van der Waals surface area (Å²) in [6.45, 7) is 75.5. The van der Waals surface area contributed by atoms with Crippen LogP contribution in [0.2, 0.25) is 0 Å². The van der Waals surface area contributed by atoms with E-state index in [-0.39, 0.29) is 144 Å². The zero-order valence-corrected chi connectivity index (χ0v) is 79.9. The van der Waals surface area contributed by atoms with Gasteiger partial charge in [-0.25, -0.2) is 0 Å². The molecule has 0 atom stereocenters. The fraction of sp³-hybridized carbons (Fsp3) is 0.538. The topological polar surface area (TPSA) is 207 Å². The molecule has 0 aliphatic heterocycles. The van der Waals surface area contributed by atoms with E-state index in [2.05, 4.69) is 209 Å². The number of alkyl halides is 2. The number of nitrogens with zero attached hydrogens (tertiary/aromatic N) is 6. The van der Waals surface area contributed by atoms with Gasteiger partial charge < -0.3 is 30.6 Å². The molecule has 0 fully saturated rings. The average molecular weight is 1610 g/mol. The Hall–Kier alpha value is -6.03. The summed E-state index contributed by atoms with van der Waals surface area (Å²) in [6.07, 6.45) is 9.20. The van der Waals surface area contributed by atoms with Crippen LogP contribution in [0.15, 0.2) is 103 Å². The Bertz CT molecular complexity index is 3500. The molecule has 6 aromatic rings. The van der Waals surface area contributed by atoms with Crippen LogP contribution in [0, 0.1) is 0 Å². The molecule has 16 heteroatoms. The van der Waals surface area contributed by atoms with Crippen LogP contribution in [0.5, 0.6) is 34.5 Å². The second kappa shape index (κ2) is 36.9. The number of benzene rings is 6. The number of aromatic hydroxyl groups is 2. The molecule has 0 aromatic heterocycles. The molecular weight excluding hydrogens is 1470 g/mol. The van der Waals surface area contributed by atoms with Crippen LogP contribution in [0.25, 0.3) is 0 Å². The third-order valence-electron chi connectivity index (χ3n) is 18.2. The van der Waals surface area contributed by atoms with Gasteiger partial charge in [-0.2, -0.15) is 30.6 Å². The molecule has 0 bridgehead atoms. The van der Waals surface area contributed by atoms with Gasteiger partial charge in [0.2, 0.25) is 0 Å². The van der Waals surface area contributed by atoms with E-state index in [4.69, 9.17) is 23.2 Å². The second-order valence-electron chi connectivity index (χ2n) is 40.3. The van der Waals surface area contributed by atoms with Crippen molar-refractivity contribution < 1.29 is 69.6 Å².